The molecule has 4 rings (SSSR count). The van der Waals surface area contributed by atoms with Gasteiger partial charge in [0.1, 0.15) is 11.0 Å². The second-order valence-corrected chi connectivity index (χ2v) is 11.6. The fraction of sp³-hybridized carbons (Fsp3) is 0.227. The lowest BCUT2D eigenvalue weighted by Gasteiger charge is -2.17. The number of hydrogen-bond acceptors (Lipinski definition) is 6. The van der Waals surface area contributed by atoms with Gasteiger partial charge in [-0.05, 0) is 61.9 Å². The minimum Gasteiger partial charge on any atom is -0.468 e. The highest BCUT2D eigenvalue weighted by molar-refractivity contribution is 7.92. The number of aryl methyl sites for hydroxylation is 1. The Balaban J connectivity index is 1.63. The number of carbonyl (C=O) groups excluding carboxylic acids is 1. The van der Waals surface area contributed by atoms with E-state index in [1.54, 1.807) is 25.1 Å². The highest BCUT2D eigenvalue weighted by Gasteiger charge is 2.34. The van der Waals surface area contributed by atoms with Crippen molar-refractivity contribution < 1.29 is 26.0 Å². The van der Waals surface area contributed by atoms with E-state index in [9.17, 15) is 21.6 Å². The molecule has 0 aliphatic carbocycles. The number of anilines is 1. The van der Waals surface area contributed by atoms with E-state index < -0.39 is 37.6 Å². The summed E-state index contributed by atoms with van der Waals surface area (Å²) in [4.78, 5) is 11.9. The van der Waals surface area contributed by atoms with Crippen LogP contribution in [-0.4, -0.2) is 29.3 Å². The fourth-order valence-corrected chi connectivity index (χ4v) is 6.34. The smallest absolute Gasteiger partial charge is 0.240 e. The quantitative estimate of drug-likeness (QED) is 0.542. The van der Waals surface area contributed by atoms with Crippen LogP contribution in [0.5, 0.6) is 0 Å². The van der Waals surface area contributed by atoms with E-state index in [2.05, 4.69) is 10.0 Å². The Morgan fingerprint density at radius 3 is 2.38 bits per heavy atom. The van der Waals surface area contributed by atoms with Crippen molar-refractivity contribution in [2.24, 2.45) is 0 Å². The predicted octanol–water partition coefficient (Wildman–Crippen LogP) is 3.14. The molecule has 2 atom stereocenters. The first kappa shape index (κ1) is 22.3. The van der Waals surface area contributed by atoms with Crippen LogP contribution in [0.4, 0.5) is 5.69 Å². The molecule has 168 valence electrons. The summed E-state index contributed by atoms with van der Waals surface area (Å²) in [6.45, 7) is 3.11. The normalized spacial score (nSPS) is 17.1. The van der Waals surface area contributed by atoms with Crippen molar-refractivity contribution in [1.29, 1.82) is 0 Å². The van der Waals surface area contributed by atoms with Gasteiger partial charge in [0, 0.05) is 12.2 Å². The van der Waals surface area contributed by atoms with Crippen molar-refractivity contribution in [3.8, 4) is 0 Å². The molecule has 0 fully saturated rings. The van der Waals surface area contributed by atoms with Gasteiger partial charge in [-0.3, -0.25) is 4.79 Å². The fourth-order valence-electron chi connectivity index (χ4n) is 3.56. The molecule has 2 heterocycles. The van der Waals surface area contributed by atoms with Gasteiger partial charge in [0.05, 0.1) is 22.0 Å². The van der Waals surface area contributed by atoms with Crippen molar-refractivity contribution >= 4 is 31.5 Å². The van der Waals surface area contributed by atoms with E-state index in [1.807, 2.05) is 6.92 Å². The number of benzene rings is 2. The molecule has 32 heavy (non-hydrogen) atoms. The van der Waals surface area contributed by atoms with Gasteiger partial charge in [0.2, 0.25) is 15.9 Å². The zero-order valence-corrected chi connectivity index (χ0v) is 19.0. The van der Waals surface area contributed by atoms with Crippen molar-refractivity contribution in [2.45, 2.75) is 34.8 Å². The highest BCUT2D eigenvalue weighted by atomic mass is 32.2. The van der Waals surface area contributed by atoms with E-state index in [4.69, 9.17) is 4.42 Å². The first-order chi connectivity index (χ1) is 15.1. The SMILES string of the molecule is Cc1ccc(S(=O)(=O)[C@@H](CNS(=O)(=O)c2ccc3c(c2)[C@H](C)C(=O)N3)c2ccco2)cc1. The van der Waals surface area contributed by atoms with Crippen LogP contribution in [0.25, 0.3) is 0 Å². The standard InChI is InChI=1S/C22H22N2O6S2/c1-14-5-7-16(8-6-14)31(26,27)21(20-4-3-11-30-20)13-23-32(28,29)17-9-10-19-18(12-17)15(2)22(25)24-19/h3-12,15,21,23H,13H2,1-2H3,(H,24,25)/t15-,21-/m0/s1. The lowest BCUT2D eigenvalue weighted by molar-refractivity contribution is -0.116. The van der Waals surface area contributed by atoms with Gasteiger partial charge < -0.3 is 9.73 Å². The molecule has 0 radical (unpaired) electrons. The first-order valence-corrected chi connectivity index (χ1v) is 12.9. The van der Waals surface area contributed by atoms with Gasteiger partial charge in [-0.15, -0.1) is 0 Å². The van der Waals surface area contributed by atoms with Crippen LogP contribution in [0.2, 0.25) is 0 Å². The van der Waals surface area contributed by atoms with Gasteiger partial charge in [-0.2, -0.15) is 0 Å². The molecule has 0 saturated heterocycles. The average molecular weight is 475 g/mol. The van der Waals surface area contributed by atoms with Gasteiger partial charge in [0.15, 0.2) is 9.84 Å². The van der Waals surface area contributed by atoms with Crippen LogP contribution >= 0.6 is 0 Å². The third kappa shape index (κ3) is 4.08. The monoisotopic (exact) mass is 474 g/mol. The molecule has 1 aliphatic heterocycles. The third-order valence-electron chi connectivity index (χ3n) is 5.49. The topological polar surface area (TPSA) is 123 Å². The zero-order valence-electron chi connectivity index (χ0n) is 17.4. The van der Waals surface area contributed by atoms with Crippen LogP contribution < -0.4 is 10.0 Å². The molecule has 1 aromatic heterocycles. The Morgan fingerprint density at radius 2 is 1.72 bits per heavy atom. The van der Waals surface area contributed by atoms with Crippen LogP contribution in [0, 0.1) is 6.92 Å². The van der Waals surface area contributed by atoms with Crippen molar-refractivity contribution in [1.82, 2.24) is 4.72 Å². The average Bonchev–Trinajstić information content (AvgIpc) is 3.37. The number of amides is 1. The summed E-state index contributed by atoms with van der Waals surface area (Å²) >= 11 is 0. The molecular weight excluding hydrogens is 452 g/mol. The lowest BCUT2D eigenvalue weighted by atomic mass is 10.0. The second kappa shape index (κ2) is 8.19. The first-order valence-electron chi connectivity index (χ1n) is 9.88. The van der Waals surface area contributed by atoms with E-state index in [0.29, 0.717) is 11.3 Å². The van der Waals surface area contributed by atoms with E-state index >= 15 is 0 Å². The van der Waals surface area contributed by atoms with Crippen LogP contribution in [0.15, 0.2) is 75.1 Å². The molecule has 10 heteroatoms. The maximum Gasteiger partial charge on any atom is 0.240 e. The number of sulfone groups is 1. The summed E-state index contributed by atoms with van der Waals surface area (Å²) in [6, 6.07) is 13.7. The molecule has 1 amide bonds. The molecule has 8 nitrogen and oxygen atoms in total. The van der Waals surface area contributed by atoms with E-state index in [-0.39, 0.29) is 21.5 Å². The van der Waals surface area contributed by atoms with Crippen LogP contribution in [-0.2, 0) is 24.7 Å². The Labute approximate surface area is 186 Å². The van der Waals surface area contributed by atoms with Crippen molar-refractivity contribution in [3.05, 3.63) is 77.7 Å². The van der Waals surface area contributed by atoms with E-state index in [0.717, 1.165) is 5.56 Å². The Kier molecular flexibility index (Phi) is 5.70. The van der Waals surface area contributed by atoms with Gasteiger partial charge in [-0.1, -0.05) is 17.7 Å². The molecule has 1 aliphatic rings. The highest BCUT2D eigenvalue weighted by Crippen LogP contribution is 2.34. The maximum atomic E-state index is 13.3. The van der Waals surface area contributed by atoms with Gasteiger partial charge in [-0.25, -0.2) is 21.6 Å². The van der Waals surface area contributed by atoms with Crippen molar-refractivity contribution in [3.63, 3.8) is 0 Å². The van der Waals surface area contributed by atoms with Crippen molar-refractivity contribution in [2.75, 3.05) is 11.9 Å². The third-order valence-corrected chi connectivity index (χ3v) is 8.99. The number of rotatable bonds is 7. The molecule has 3 aromatic rings. The number of nitrogens with one attached hydrogen (secondary N) is 2. The number of sulfonamides is 1. The number of furan rings is 1. The Morgan fingerprint density at radius 1 is 1.03 bits per heavy atom. The summed E-state index contributed by atoms with van der Waals surface area (Å²) in [5.74, 6) is -0.548. The molecule has 2 aromatic carbocycles. The van der Waals surface area contributed by atoms with E-state index in [1.165, 1.54) is 42.7 Å². The summed E-state index contributed by atoms with van der Waals surface area (Å²) in [7, 11) is -8.00. The van der Waals surface area contributed by atoms with Gasteiger partial charge >= 0.3 is 0 Å². The molecular formula is C22H22N2O6S2. The predicted molar refractivity (Wildman–Crippen MR) is 118 cm³/mol. The second-order valence-electron chi connectivity index (χ2n) is 7.67. The minimum atomic E-state index is -4.05. The largest absolute Gasteiger partial charge is 0.468 e. The van der Waals surface area contributed by atoms with Gasteiger partial charge in [0.25, 0.3) is 0 Å². The number of hydrogen-bond donors (Lipinski definition) is 2. The minimum absolute atomic E-state index is 0.0504. The summed E-state index contributed by atoms with van der Waals surface area (Å²) in [5.41, 5.74) is 2.04. The van der Waals surface area contributed by atoms with Crippen LogP contribution in [0.3, 0.4) is 0 Å². The molecule has 0 unspecified atom stereocenters. The summed E-state index contributed by atoms with van der Waals surface area (Å²) in [5, 5.41) is 1.43. The molecule has 2 N–H and O–H groups in total. The number of carbonyl (C=O) groups is 1. The Hall–Kier alpha value is -2.95. The summed E-state index contributed by atoms with van der Waals surface area (Å²) < 4.78 is 60.2. The molecule has 0 bridgehead atoms. The zero-order chi connectivity index (χ0) is 23.1. The number of fused-ring (bicyclic) bond motifs is 1. The lowest BCUT2D eigenvalue weighted by Crippen LogP contribution is -2.32. The van der Waals surface area contributed by atoms with Crippen LogP contribution in [0.1, 0.15) is 35.0 Å². The summed E-state index contributed by atoms with van der Waals surface area (Å²) in [6.07, 6.45) is 1.34. The maximum absolute atomic E-state index is 13.3. The Bertz CT molecular complexity index is 1360. The molecule has 0 saturated carbocycles. The molecule has 0 spiro atoms.